The molecule has 0 unspecified atom stereocenters. The van der Waals surface area contributed by atoms with Crippen molar-refractivity contribution in [2.75, 3.05) is 11.9 Å². The number of hydrazone groups is 1. The Morgan fingerprint density at radius 2 is 1.92 bits per heavy atom. The molecule has 5 nitrogen and oxygen atoms in total. The summed E-state index contributed by atoms with van der Waals surface area (Å²) in [4.78, 5) is 11.9. The van der Waals surface area contributed by atoms with E-state index in [-0.39, 0.29) is 0 Å². The van der Waals surface area contributed by atoms with Gasteiger partial charge in [-0.2, -0.15) is 5.10 Å². The Morgan fingerprint density at radius 3 is 2.56 bits per heavy atom. The van der Waals surface area contributed by atoms with Crippen LogP contribution in [0.2, 0.25) is 10.0 Å². The smallest absolute Gasteiger partial charge is 0.339 e. The summed E-state index contributed by atoms with van der Waals surface area (Å²) in [7, 11) is 0. The summed E-state index contributed by atoms with van der Waals surface area (Å²) in [5.41, 5.74) is 4.73. The summed E-state index contributed by atoms with van der Waals surface area (Å²) in [6.45, 7) is 4.44. The molecule has 132 valence electrons. The third kappa shape index (κ3) is 5.66. The molecular formula is C18H19Cl2N3O2. The number of halogens is 2. The molecule has 7 heteroatoms. The number of amides is 2. The largest absolute Gasteiger partial charge is 0.490 e. The van der Waals surface area contributed by atoms with Crippen LogP contribution in [0, 0.1) is 6.92 Å². The summed E-state index contributed by atoms with van der Waals surface area (Å²) in [5, 5.41) is 7.40. The SMILES string of the molecule is CCCOc1c(Cl)cc(/C=N\NC(=O)Nc2ccccc2C)cc1Cl. The highest BCUT2D eigenvalue weighted by molar-refractivity contribution is 6.37. The molecule has 0 saturated carbocycles. The van der Waals surface area contributed by atoms with Gasteiger partial charge in [0.25, 0.3) is 0 Å². The molecule has 0 heterocycles. The maximum absolute atomic E-state index is 11.9. The van der Waals surface area contributed by atoms with E-state index in [0.717, 1.165) is 17.7 Å². The van der Waals surface area contributed by atoms with Gasteiger partial charge in [0.15, 0.2) is 5.75 Å². The number of hydrogen-bond acceptors (Lipinski definition) is 3. The van der Waals surface area contributed by atoms with Crippen LogP contribution in [0.1, 0.15) is 24.5 Å². The van der Waals surface area contributed by atoms with Gasteiger partial charge in [-0.3, -0.25) is 0 Å². The van der Waals surface area contributed by atoms with Crippen molar-refractivity contribution in [2.45, 2.75) is 20.3 Å². The van der Waals surface area contributed by atoms with Crippen LogP contribution in [0.25, 0.3) is 0 Å². The predicted molar refractivity (Wildman–Crippen MR) is 103 cm³/mol. The number of nitrogens with zero attached hydrogens (tertiary/aromatic N) is 1. The lowest BCUT2D eigenvalue weighted by Crippen LogP contribution is -2.24. The lowest BCUT2D eigenvalue weighted by molar-refractivity contribution is 0.252. The molecule has 0 aliphatic carbocycles. The van der Waals surface area contributed by atoms with Crippen molar-refractivity contribution in [3.8, 4) is 5.75 Å². The standard InChI is InChI=1S/C18H19Cl2N3O2/c1-3-8-25-17-14(19)9-13(10-15(17)20)11-21-23-18(24)22-16-7-5-4-6-12(16)2/h4-7,9-11H,3,8H2,1-2H3,(H2,22,23,24)/b21-11-. The van der Waals surface area contributed by atoms with Gasteiger partial charge >= 0.3 is 6.03 Å². The summed E-state index contributed by atoms with van der Waals surface area (Å²) >= 11 is 12.3. The van der Waals surface area contributed by atoms with E-state index >= 15 is 0 Å². The Labute approximate surface area is 157 Å². The third-order valence-corrected chi connectivity index (χ3v) is 3.81. The fourth-order valence-corrected chi connectivity index (χ4v) is 2.64. The first-order chi connectivity index (χ1) is 12.0. The van der Waals surface area contributed by atoms with Gasteiger partial charge in [-0.15, -0.1) is 0 Å². The van der Waals surface area contributed by atoms with E-state index in [9.17, 15) is 4.79 Å². The molecule has 0 aliphatic rings. The van der Waals surface area contributed by atoms with Gasteiger partial charge in [0.05, 0.1) is 22.9 Å². The Morgan fingerprint density at radius 1 is 1.24 bits per heavy atom. The van der Waals surface area contributed by atoms with Crippen molar-refractivity contribution in [3.63, 3.8) is 0 Å². The fourth-order valence-electron chi connectivity index (χ4n) is 2.02. The average molecular weight is 380 g/mol. The number of carbonyl (C=O) groups excluding carboxylic acids is 1. The number of ether oxygens (including phenoxy) is 1. The number of aryl methyl sites for hydroxylation is 1. The topological polar surface area (TPSA) is 62.7 Å². The lowest BCUT2D eigenvalue weighted by Gasteiger charge is -2.09. The van der Waals surface area contributed by atoms with Crippen LogP contribution in [0.3, 0.4) is 0 Å². The van der Waals surface area contributed by atoms with E-state index < -0.39 is 6.03 Å². The number of rotatable bonds is 6. The summed E-state index contributed by atoms with van der Waals surface area (Å²) < 4.78 is 5.50. The quantitative estimate of drug-likeness (QED) is 0.531. The second-order valence-corrected chi connectivity index (χ2v) is 6.12. The molecule has 0 aromatic heterocycles. The number of anilines is 1. The van der Waals surface area contributed by atoms with Crippen LogP contribution < -0.4 is 15.5 Å². The highest BCUT2D eigenvalue weighted by Crippen LogP contribution is 2.33. The molecule has 25 heavy (non-hydrogen) atoms. The van der Waals surface area contributed by atoms with E-state index in [4.69, 9.17) is 27.9 Å². The van der Waals surface area contributed by atoms with E-state index in [0.29, 0.717) is 28.0 Å². The molecule has 2 aromatic rings. The molecule has 2 N–H and O–H groups in total. The first-order valence-corrected chi connectivity index (χ1v) is 8.54. The summed E-state index contributed by atoms with van der Waals surface area (Å²) in [5.74, 6) is 0.451. The van der Waals surface area contributed by atoms with Crippen LogP contribution in [0.5, 0.6) is 5.75 Å². The second kappa shape index (κ2) is 9.30. The van der Waals surface area contributed by atoms with Crippen LogP contribution in [0.4, 0.5) is 10.5 Å². The zero-order valence-electron chi connectivity index (χ0n) is 14.0. The van der Waals surface area contributed by atoms with Crippen molar-refractivity contribution in [2.24, 2.45) is 5.10 Å². The van der Waals surface area contributed by atoms with Gasteiger partial charge in [-0.05, 0) is 42.7 Å². The summed E-state index contributed by atoms with van der Waals surface area (Å²) in [6, 6.07) is 10.4. The van der Waals surface area contributed by atoms with Crippen LogP contribution >= 0.6 is 23.2 Å². The minimum absolute atomic E-state index is 0.395. The second-order valence-electron chi connectivity index (χ2n) is 5.30. The minimum atomic E-state index is -0.439. The van der Waals surface area contributed by atoms with Gasteiger partial charge in [0, 0.05) is 5.69 Å². The monoisotopic (exact) mass is 379 g/mol. The number of benzene rings is 2. The van der Waals surface area contributed by atoms with Gasteiger partial charge < -0.3 is 10.1 Å². The Bertz CT molecular complexity index is 756. The zero-order valence-corrected chi connectivity index (χ0v) is 15.5. The fraction of sp³-hybridized carbons (Fsp3) is 0.222. The number of urea groups is 1. The molecule has 0 fully saturated rings. The van der Waals surface area contributed by atoms with Crippen molar-refractivity contribution in [3.05, 3.63) is 57.6 Å². The van der Waals surface area contributed by atoms with Gasteiger partial charge in [-0.25, -0.2) is 10.2 Å². The zero-order chi connectivity index (χ0) is 18.2. The Hall–Kier alpha value is -2.24. The van der Waals surface area contributed by atoms with E-state index in [1.54, 1.807) is 12.1 Å². The van der Waals surface area contributed by atoms with Crippen molar-refractivity contribution in [1.29, 1.82) is 0 Å². The van der Waals surface area contributed by atoms with Gasteiger partial charge in [-0.1, -0.05) is 48.3 Å². The molecule has 0 aliphatic heterocycles. The Balaban J connectivity index is 1.97. The average Bonchev–Trinajstić information content (AvgIpc) is 2.56. The highest BCUT2D eigenvalue weighted by Gasteiger charge is 2.09. The first kappa shape index (κ1) is 19.1. The van der Waals surface area contributed by atoms with Gasteiger partial charge in [0.2, 0.25) is 0 Å². The van der Waals surface area contributed by atoms with Crippen molar-refractivity contribution >= 4 is 41.1 Å². The maximum Gasteiger partial charge on any atom is 0.339 e. The molecule has 2 amide bonds. The van der Waals surface area contributed by atoms with Crippen molar-refractivity contribution in [1.82, 2.24) is 5.43 Å². The summed E-state index contributed by atoms with van der Waals surface area (Å²) in [6.07, 6.45) is 2.31. The van der Waals surface area contributed by atoms with Crippen molar-refractivity contribution < 1.29 is 9.53 Å². The predicted octanol–water partition coefficient (Wildman–Crippen LogP) is 5.25. The van der Waals surface area contributed by atoms with E-state index in [1.165, 1.54) is 6.21 Å². The number of carbonyl (C=O) groups is 1. The van der Waals surface area contributed by atoms with Gasteiger partial charge in [0.1, 0.15) is 0 Å². The van der Waals surface area contributed by atoms with Crippen LogP contribution in [-0.4, -0.2) is 18.9 Å². The molecule has 2 rings (SSSR count). The molecule has 0 bridgehead atoms. The molecule has 2 aromatic carbocycles. The minimum Gasteiger partial charge on any atom is -0.490 e. The number of hydrogen-bond donors (Lipinski definition) is 2. The lowest BCUT2D eigenvalue weighted by atomic mass is 10.2. The molecular weight excluding hydrogens is 361 g/mol. The Kier molecular flexibility index (Phi) is 7.10. The molecule has 0 spiro atoms. The number of para-hydroxylation sites is 1. The van der Waals surface area contributed by atoms with E-state index in [1.807, 2.05) is 38.1 Å². The third-order valence-electron chi connectivity index (χ3n) is 3.24. The number of nitrogens with one attached hydrogen (secondary N) is 2. The molecule has 0 radical (unpaired) electrons. The normalized spacial score (nSPS) is 10.7. The maximum atomic E-state index is 11.9. The van der Waals surface area contributed by atoms with Crippen LogP contribution in [0.15, 0.2) is 41.5 Å². The first-order valence-electron chi connectivity index (χ1n) is 7.78. The van der Waals surface area contributed by atoms with E-state index in [2.05, 4.69) is 15.8 Å². The highest BCUT2D eigenvalue weighted by atomic mass is 35.5. The molecule has 0 saturated heterocycles. The van der Waals surface area contributed by atoms with Crippen LogP contribution in [-0.2, 0) is 0 Å². The molecule has 0 atom stereocenters.